The van der Waals surface area contributed by atoms with E-state index in [9.17, 15) is 9.59 Å². The summed E-state index contributed by atoms with van der Waals surface area (Å²) in [5.41, 5.74) is 2.13. The second-order valence-corrected chi connectivity index (χ2v) is 5.93. The highest BCUT2D eigenvalue weighted by atomic mass is 16.2. The molecule has 2 unspecified atom stereocenters. The molecule has 1 aliphatic heterocycles. The lowest BCUT2D eigenvalue weighted by Crippen LogP contribution is -2.49. The zero-order valence-corrected chi connectivity index (χ0v) is 12.8. The Morgan fingerprint density at radius 2 is 2.00 bits per heavy atom. The van der Waals surface area contributed by atoms with Gasteiger partial charge in [0, 0.05) is 18.7 Å². The molecule has 5 heteroatoms. The third kappa shape index (κ3) is 3.97. The van der Waals surface area contributed by atoms with Crippen molar-refractivity contribution in [3.63, 3.8) is 0 Å². The highest BCUT2D eigenvalue weighted by Crippen LogP contribution is 2.25. The number of benzene rings is 1. The SMILES string of the molecule is CC(C)CNC(=O)C(C)NC(=O)C1Cc2ccccc2N1. The van der Waals surface area contributed by atoms with Crippen LogP contribution in [0.1, 0.15) is 26.3 Å². The van der Waals surface area contributed by atoms with Gasteiger partial charge in [0.05, 0.1) is 0 Å². The van der Waals surface area contributed by atoms with Crippen molar-refractivity contribution in [2.75, 3.05) is 11.9 Å². The molecule has 2 amide bonds. The van der Waals surface area contributed by atoms with Crippen LogP contribution in [0.5, 0.6) is 0 Å². The summed E-state index contributed by atoms with van der Waals surface area (Å²) in [6.45, 7) is 6.38. The number of nitrogens with one attached hydrogen (secondary N) is 3. The van der Waals surface area contributed by atoms with Crippen molar-refractivity contribution in [3.05, 3.63) is 29.8 Å². The van der Waals surface area contributed by atoms with Crippen LogP contribution in [0.3, 0.4) is 0 Å². The molecule has 114 valence electrons. The molecule has 0 saturated heterocycles. The normalized spacial score (nSPS) is 17.8. The van der Waals surface area contributed by atoms with E-state index in [1.165, 1.54) is 0 Å². The second kappa shape index (κ2) is 6.61. The highest BCUT2D eigenvalue weighted by Gasteiger charge is 2.28. The minimum absolute atomic E-state index is 0.140. The van der Waals surface area contributed by atoms with Gasteiger partial charge in [0.15, 0.2) is 0 Å². The van der Waals surface area contributed by atoms with Gasteiger partial charge in [0.25, 0.3) is 0 Å². The summed E-state index contributed by atoms with van der Waals surface area (Å²) >= 11 is 0. The first-order valence-corrected chi connectivity index (χ1v) is 7.40. The molecule has 1 aliphatic rings. The fourth-order valence-electron chi connectivity index (χ4n) is 2.29. The molecule has 2 atom stereocenters. The van der Waals surface area contributed by atoms with E-state index in [1.54, 1.807) is 6.92 Å². The topological polar surface area (TPSA) is 70.2 Å². The number of fused-ring (bicyclic) bond motifs is 1. The second-order valence-electron chi connectivity index (χ2n) is 5.93. The van der Waals surface area contributed by atoms with E-state index >= 15 is 0 Å². The average molecular weight is 289 g/mol. The molecule has 3 N–H and O–H groups in total. The van der Waals surface area contributed by atoms with Crippen LogP contribution >= 0.6 is 0 Å². The van der Waals surface area contributed by atoms with Crippen molar-refractivity contribution in [2.45, 2.75) is 39.3 Å². The summed E-state index contributed by atoms with van der Waals surface area (Å²) in [6, 6.07) is 7.04. The molecular weight excluding hydrogens is 266 g/mol. The number of hydrogen-bond acceptors (Lipinski definition) is 3. The molecule has 0 spiro atoms. The fourth-order valence-corrected chi connectivity index (χ4v) is 2.29. The van der Waals surface area contributed by atoms with E-state index in [-0.39, 0.29) is 17.9 Å². The fraction of sp³-hybridized carbons (Fsp3) is 0.500. The Hall–Kier alpha value is -2.04. The Morgan fingerprint density at radius 3 is 2.67 bits per heavy atom. The number of carbonyl (C=O) groups excluding carboxylic acids is 2. The summed E-state index contributed by atoms with van der Waals surface area (Å²) < 4.78 is 0. The summed E-state index contributed by atoms with van der Waals surface area (Å²) in [4.78, 5) is 24.1. The molecule has 0 aromatic heterocycles. The lowest BCUT2D eigenvalue weighted by atomic mass is 10.1. The molecule has 0 radical (unpaired) electrons. The molecule has 0 fully saturated rings. The maximum atomic E-state index is 12.2. The van der Waals surface area contributed by atoms with Crippen molar-refractivity contribution in [1.29, 1.82) is 0 Å². The van der Waals surface area contributed by atoms with Crippen LogP contribution < -0.4 is 16.0 Å². The third-order valence-electron chi connectivity index (χ3n) is 3.52. The Kier molecular flexibility index (Phi) is 4.83. The quantitative estimate of drug-likeness (QED) is 0.765. The largest absolute Gasteiger partial charge is 0.373 e. The number of amides is 2. The summed E-state index contributed by atoms with van der Waals surface area (Å²) in [5, 5.41) is 8.77. The van der Waals surface area contributed by atoms with Crippen molar-refractivity contribution in [2.24, 2.45) is 5.92 Å². The minimum Gasteiger partial charge on any atom is -0.373 e. The van der Waals surface area contributed by atoms with Crippen molar-refractivity contribution in [1.82, 2.24) is 10.6 Å². The third-order valence-corrected chi connectivity index (χ3v) is 3.52. The Morgan fingerprint density at radius 1 is 1.29 bits per heavy atom. The summed E-state index contributed by atoms with van der Waals surface area (Å²) in [7, 11) is 0. The van der Waals surface area contributed by atoms with Crippen LogP contribution in [0.25, 0.3) is 0 Å². The van der Waals surface area contributed by atoms with Crippen molar-refractivity contribution < 1.29 is 9.59 Å². The molecule has 1 aromatic carbocycles. The van der Waals surface area contributed by atoms with Crippen molar-refractivity contribution >= 4 is 17.5 Å². The van der Waals surface area contributed by atoms with Gasteiger partial charge in [0.2, 0.25) is 11.8 Å². The molecule has 0 saturated carbocycles. The van der Waals surface area contributed by atoms with E-state index in [0.717, 1.165) is 11.3 Å². The number of carbonyl (C=O) groups is 2. The van der Waals surface area contributed by atoms with Crippen LogP contribution in [-0.4, -0.2) is 30.4 Å². The first kappa shape index (κ1) is 15.4. The van der Waals surface area contributed by atoms with Crippen LogP contribution in [0.2, 0.25) is 0 Å². The predicted octanol–water partition coefficient (Wildman–Crippen LogP) is 1.30. The Balaban J connectivity index is 1.84. The van der Waals surface area contributed by atoms with Crippen LogP contribution in [0.15, 0.2) is 24.3 Å². The van der Waals surface area contributed by atoms with E-state index in [2.05, 4.69) is 16.0 Å². The highest BCUT2D eigenvalue weighted by molar-refractivity contribution is 5.92. The molecule has 1 aromatic rings. The minimum atomic E-state index is -0.526. The first-order chi connectivity index (χ1) is 9.97. The zero-order valence-electron chi connectivity index (χ0n) is 12.8. The first-order valence-electron chi connectivity index (χ1n) is 7.40. The standard InChI is InChI=1S/C16H23N3O2/c1-10(2)9-17-15(20)11(3)18-16(21)14-8-12-6-4-5-7-13(12)19-14/h4-7,10-11,14,19H,8-9H2,1-3H3,(H,17,20)(H,18,21). The summed E-state index contributed by atoms with van der Waals surface area (Å²) in [5.74, 6) is 0.105. The van der Waals surface area contributed by atoms with E-state index < -0.39 is 6.04 Å². The van der Waals surface area contributed by atoms with Crippen molar-refractivity contribution in [3.8, 4) is 0 Å². The molecule has 1 heterocycles. The molecule has 5 nitrogen and oxygen atoms in total. The number of rotatable bonds is 5. The number of para-hydroxylation sites is 1. The lowest BCUT2D eigenvalue weighted by Gasteiger charge is -2.18. The number of hydrogen-bond donors (Lipinski definition) is 3. The number of anilines is 1. The zero-order chi connectivity index (χ0) is 15.4. The Labute approximate surface area is 125 Å². The maximum Gasteiger partial charge on any atom is 0.243 e. The van der Waals surface area contributed by atoms with Crippen LogP contribution in [-0.2, 0) is 16.0 Å². The van der Waals surface area contributed by atoms with Gasteiger partial charge >= 0.3 is 0 Å². The van der Waals surface area contributed by atoms with Gasteiger partial charge in [-0.25, -0.2) is 0 Å². The molecular formula is C16H23N3O2. The predicted molar refractivity (Wildman–Crippen MR) is 83.0 cm³/mol. The van der Waals surface area contributed by atoms with E-state index in [4.69, 9.17) is 0 Å². The van der Waals surface area contributed by atoms with Gasteiger partial charge in [-0.15, -0.1) is 0 Å². The van der Waals surface area contributed by atoms with Gasteiger partial charge in [-0.1, -0.05) is 32.0 Å². The smallest absolute Gasteiger partial charge is 0.243 e. The van der Waals surface area contributed by atoms with E-state index in [0.29, 0.717) is 18.9 Å². The molecule has 2 rings (SSSR count). The average Bonchev–Trinajstić information content (AvgIpc) is 2.88. The molecule has 0 aliphatic carbocycles. The molecule has 21 heavy (non-hydrogen) atoms. The monoisotopic (exact) mass is 289 g/mol. The maximum absolute atomic E-state index is 12.2. The summed E-state index contributed by atoms with van der Waals surface area (Å²) in [6.07, 6.45) is 0.655. The Bertz CT molecular complexity index is 503. The lowest BCUT2D eigenvalue weighted by molar-refractivity contribution is -0.128. The van der Waals surface area contributed by atoms with Gasteiger partial charge in [-0.05, 0) is 24.5 Å². The van der Waals surface area contributed by atoms with Gasteiger partial charge in [-0.3, -0.25) is 9.59 Å². The van der Waals surface area contributed by atoms with Gasteiger partial charge < -0.3 is 16.0 Å². The molecule has 0 bridgehead atoms. The van der Waals surface area contributed by atoms with Crippen LogP contribution in [0, 0.1) is 5.92 Å². The van der Waals surface area contributed by atoms with E-state index in [1.807, 2.05) is 38.1 Å². The van der Waals surface area contributed by atoms with Crippen LogP contribution in [0.4, 0.5) is 5.69 Å². The van der Waals surface area contributed by atoms with Gasteiger partial charge in [0.1, 0.15) is 12.1 Å². The van der Waals surface area contributed by atoms with Gasteiger partial charge in [-0.2, -0.15) is 0 Å².